The number of nitrogens with zero attached hydrogens (tertiary/aromatic N) is 2. The second-order valence-corrected chi connectivity index (χ2v) is 3.41. The monoisotopic (exact) mass is 215 g/mol. The van der Waals surface area contributed by atoms with Crippen LogP contribution in [0.4, 0.5) is 4.39 Å². The third-order valence-corrected chi connectivity index (χ3v) is 2.24. The summed E-state index contributed by atoms with van der Waals surface area (Å²) in [6, 6.07) is 8.36. The average molecular weight is 215 g/mol. The SMILES string of the molecule is N#CCCc1ncc(-c2cccc(F)c2)[nH]1. The molecule has 0 fully saturated rings. The Balaban J connectivity index is 2.22. The Hall–Kier alpha value is -2.15. The van der Waals surface area contributed by atoms with E-state index in [4.69, 9.17) is 5.26 Å². The summed E-state index contributed by atoms with van der Waals surface area (Å²) in [7, 11) is 0. The molecular formula is C12H10FN3. The fourth-order valence-electron chi connectivity index (χ4n) is 1.47. The van der Waals surface area contributed by atoms with Crippen LogP contribution in [0.2, 0.25) is 0 Å². The van der Waals surface area contributed by atoms with Crippen molar-refractivity contribution in [1.29, 1.82) is 5.26 Å². The third-order valence-electron chi connectivity index (χ3n) is 2.24. The standard InChI is InChI=1S/C12H10FN3/c13-10-4-1-3-9(7-10)11-8-15-12(16-11)5-2-6-14/h1,3-4,7-8H,2,5H2,(H,15,16). The number of halogens is 1. The maximum absolute atomic E-state index is 13.0. The van der Waals surface area contributed by atoms with E-state index < -0.39 is 0 Å². The number of imidazole rings is 1. The molecule has 0 radical (unpaired) electrons. The van der Waals surface area contributed by atoms with Crippen LogP contribution in [0, 0.1) is 17.1 Å². The minimum Gasteiger partial charge on any atom is -0.342 e. The molecular weight excluding hydrogens is 205 g/mol. The van der Waals surface area contributed by atoms with Gasteiger partial charge in [0.2, 0.25) is 0 Å². The van der Waals surface area contributed by atoms with Gasteiger partial charge in [0.05, 0.1) is 18.0 Å². The van der Waals surface area contributed by atoms with Gasteiger partial charge in [-0.25, -0.2) is 9.37 Å². The molecule has 0 atom stereocenters. The van der Waals surface area contributed by atoms with Gasteiger partial charge in [-0.15, -0.1) is 0 Å². The van der Waals surface area contributed by atoms with Crippen LogP contribution in [0.3, 0.4) is 0 Å². The zero-order chi connectivity index (χ0) is 11.4. The van der Waals surface area contributed by atoms with Crippen molar-refractivity contribution in [2.45, 2.75) is 12.8 Å². The Morgan fingerprint density at radius 3 is 3.06 bits per heavy atom. The van der Waals surface area contributed by atoms with Crippen molar-refractivity contribution < 1.29 is 4.39 Å². The number of benzene rings is 1. The normalized spacial score (nSPS) is 10.0. The minimum atomic E-state index is -0.273. The Kier molecular flexibility index (Phi) is 2.97. The van der Waals surface area contributed by atoms with E-state index in [1.54, 1.807) is 12.3 Å². The van der Waals surface area contributed by atoms with Crippen LogP contribution in [0.5, 0.6) is 0 Å². The van der Waals surface area contributed by atoms with Crippen LogP contribution in [0.25, 0.3) is 11.3 Å². The quantitative estimate of drug-likeness (QED) is 0.855. The Bertz CT molecular complexity index is 525. The number of hydrogen-bond donors (Lipinski definition) is 1. The van der Waals surface area contributed by atoms with Crippen molar-refractivity contribution in [2.75, 3.05) is 0 Å². The summed E-state index contributed by atoms with van der Waals surface area (Å²) in [4.78, 5) is 7.19. The summed E-state index contributed by atoms with van der Waals surface area (Å²) < 4.78 is 13.0. The highest BCUT2D eigenvalue weighted by atomic mass is 19.1. The van der Waals surface area contributed by atoms with Crippen molar-refractivity contribution in [3.63, 3.8) is 0 Å². The van der Waals surface area contributed by atoms with Gasteiger partial charge in [0.15, 0.2) is 0 Å². The first-order chi connectivity index (χ1) is 7.79. The smallest absolute Gasteiger partial charge is 0.123 e. The molecule has 0 aliphatic rings. The van der Waals surface area contributed by atoms with Crippen LogP contribution < -0.4 is 0 Å². The largest absolute Gasteiger partial charge is 0.342 e. The van der Waals surface area contributed by atoms with Crippen molar-refractivity contribution in [1.82, 2.24) is 9.97 Å². The van der Waals surface area contributed by atoms with Crippen LogP contribution in [0.1, 0.15) is 12.2 Å². The molecule has 0 bridgehead atoms. The summed E-state index contributed by atoms with van der Waals surface area (Å²) in [6.45, 7) is 0. The number of aromatic nitrogens is 2. The molecule has 2 rings (SSSR count). The van der Waals surface area contributed by atoms with Crippen LogP contribution in [-0.4, -0.2) is 9.97 Å². The topological polar surface area (TPSA) is 52.5 Å². The summed E-state index contributed by atoms with van der Waals surface area (Å²) in [5.74, 6) is 0.478. The first-order valence-electron chi connectivity index (χ1n) is 4.96. The zero-order valence-electron chi connectivity index (χ0n) is 8.57. The molecule has 4 heteroatoms. The van der Waals surface area contributed by atoms with E-state index in [2.05, 4.69) is 16.0 Å². The second kappa shape index (κ2) is 4.58. The van der Waals surface area contributed by atoms with Gasteiger partial charge in [0.1, 0.15) is 11.6 Å². The number of aromatic amines is 1. The van der Waals surface area contributed by atoms with Gasteiger partial charge < -0.3 is 4.98 Å². The molecule has 0 aliphatic heterocycles. The molecule has 16 heavy (non-hydrogen) atoms. The summed E-state index contributed by atoms with van der Waals surface area (Å²) >= 11 is 0. The van der Waals surface area contributed by atoms with Gasteiger partial charge in [0.25, 0.3) is 0 Å². The number of hydrogen-bond acceptors (Lipinski definition) is 2. The molecule has 80 valence electrons. The average Bonchev–Trinajstić information content (AvgIpc) is 2.75. The highest BCUT2D eigenvalue weighted by molar-refractivity contribution is 5.58. The Labute approximate surface area is 92.6 Å². The summed E-state index contributed by atoms with van der Waals surface area (Å²) in [6.07, 6.45) is 2.67. The molecule has 1 aromatic carbocycles. The van der Waals surface area contributed by atoms with Crippen LogP contribution in [-0.2, 0) is 6.42 Å². The molecule has 0 saturated carbocycles. The number of rotatable bonds is 3. The van der Waals surface area contributed by atoms with Gasteiger partial charge in [-0.1, -0.05) is 12.1 Å². The molecule has 0 aliphatic carbocycles. The molecule has 0 amide bonds. The van der Waals surface area contributed by atoms with Gasteiger partial charge >= 0.3 is 0 Å². The van der Waals surface area contributed by atoms with E-state index in [-0.39, 0.29) is 5.82 Å². The van der Waals surface area contributed by atoms with E-state index in [0.29, 0.717) is 12.8 Å². The van der Waals surface area contributed by atoms with E-state index >= 15 is 0 Å². The first kappa shape index (κ1) is 10.4. The molecule has 3 nitrogen and oxygen atoms in total. The highest BCUT2D eigenvalue weighted by Gasteiger charge is 2.03. The zero-order valence-corrected chi connectivity index (χ0v) is 8.57. The van der Waals surface area contributed by atoms with Gasteiger partial charge in [-0.3, -0.25) is 0 Å². The lowest BCUT2D eigenvalue weighted by Gasteiger charge is -1.96. The lowest BCUT2D eigenvalue weighted by Crippen LogP contribution is -1.86. The van der Waals surface area contributed by atoms with E-state index in [1.807, 2.05) is 6.07 Å². The highest BCUT2D eigenvalue weighted by Crippen LogP contribution is 2.18. The minimum absolute atomic E-state index is 0.273. The maximum Gasteiger partial charge on any atom is 0.123 e. The lowest BCUT2D eigenvalue weighted by molar-refractivity contribution is 0.628. The van der Waals surface area contributed by atoms with E-state index in [1.165, 1.54) is 12.1 Å². The predicted octanol–water partition coefficient (Wildman–Crippen LogP) is 2.67. The Morgan fingerprint density at radius 1 is 1.44 bits per heavy atom. The summed E-state index contributed by atoms with van der Waals surface area (Å²) in [5.41, 5.74) is 1.53. The molecule has 0 spiro atoms. The molecule has 1 N–H and O–H groups in total. The van der Waals surface area contributed by atoms with Crippen LogP contribution in [0.15, 0.2) is 30.5 Å². The maximum atomic E-state index is 13.0. The third kappa shape index (κ3) is 2.26. The molecule has 0 unspecified atom stereocenters. The van der Waals surface area contributed by atoms with Gasteiger partial charge in [0, 0.05) is 18.4 Å². The van der Waals surface area contributed by atoms with Gasteiger partial charge in [-0.2, -0.15) is 5.26 Å². The number of H-pyrrole nitrogens is 1. The predicted molar refractivity (Wildman–Crippen MR) is 57.9 cm³/mol. The lowest BCUT2D eigenvalue weighted by atomic mass is 10.2. The Morgan fingerprint density at radius 2 is 2.31 bits per heavy atom. The van der Waals surface area contributed by atoms with Crippen molar-refractivity contribution in [3.8, 4) is 17.3 Å². The van der Waals surface area contributed by atoms with Crippen molar-refractivity contribution >= 4 is 0 Å². The van der Waals surface area contributed by atoms with E-state index in [0.717, 1.165) is 17.1 Å². The first-order valence-corrected chi connectivity index (χ1v) is 4.96. The molecule has 0 saturated heterocycles. The molecule has 1 aromatic heterocycles. The number of nitrogens with one attached hydrogen (secondary N) is 1. The summed E-state index contributed by atoms with van der Waals surface area (Å²) in [5, 5.41) is 8.45. The molecule has 1 heterocycles. The van der Waals surface area contributed by atoms with Crippen molar-refractivity contribution in [2.24, 2.45) is 0 Å². The van der Waals surface area contributed by atoms with Crippen molar-refractivity contribution in [3.05, 3.63) is 42.1 Å². The number of nitriles is 1. The van der Waals surface area contributed by atoms with E-state index in [9.17, 15) is 4.39 Å². The number of aryl methyl sites for hydroxylation is 1. The second-order valence-electron chi connectivity index (χ2n) is 3.41. The van der Waals surface area contributed by atoms with Gasteiger partial charge in [-0.05, 0) is 12.1 Å². The fraction of sp³-hybridized carbons (Fsp3) is 0.167. The fourth-order valence-corrected chi connectivity index (χ4v) is 1.47. The molecule has 2 aromatic rings. The van der Waals surface area contributed by atoms with Crippen LogP contribution >= 0.6 is 0 Å².